The first-order valence-electron chi connectivity index (χ1n) is 10.1. The molecule has 2 aromatic heterocycles. The summed E-state index contributed by atoms with van der Waals surface area (Å²) in [6, 6.07) is 2.10. The van der Waals surface area contributed by atoms with Gasteiger partial charge in [-0.15, -0.1) is 10.2 Å². The van der Waals surface area contributed by atoms with Gasteiger partial charge in [-0.1, -0.05) is 22.9 Å². The number of aromatic nitrogens is 3. The molecule has 33 heavy (non-hydrogen) atoms. The van der Waals surface area contributed by atoms with Crippen LogP contribution in [0.1, 0.15) is 34.4 Å². The number of benzene rings is 1. The lowest BCUT2D eigenvalue weighted by molar-refractivity contribution is -0.112. The van der Waals surface area contributed by atoms with E-state index < -0.39 is 34.9 Å². The van der Waals surface area contributed by atoms with Crippen molar-refractivity contribution in [2.75, 3.05) is 6.61 Å². The largest absolute Gasteiger partial charge is 0.503 e. The van der Waals surface area contributed by atoms with Gasteiger partial charge in [-0.25, -0.2) is 8.78 Å². The number of nitrogens with zero attached hydrogens (tertiary/aromatic N) is 4. The Morgan fingerprint density at radius 3 is 2.88 bits per heavy atom. The number of carbonyl (C=O) groups excluding carboxylic acids is 1. The van der Waals surface area contributed by atoms with E-state index in [2.05, 4.69) is 10.2 Å². The Kier molecular flexibility index (Phi) is 5.42. The lowest BCUT2D eigenvalue weighted by Crippen LogP contribution is -2.56. The van der Waals surface area contributed by atoms with E-state index in [0.717, 1.165) is 23.5 Å². The first kappa shape index (κ1) is 21.9. The predicted octanol–water partition coefficient (Wildman–Crippen LogP) is 3.19. The first-order chi connectivity index (χ1) is 15.8. The van der Waals surface area contributed by atoms with E-state index in [1.165, 1.54) is 15.7 Å². The maximum absolute atomic E-state index is 14.2. The molecule has 3 aromatic rings. The van der Waals surface area contributed by atoms with Crippen LogP contribution in [0.5, 0.6) is 5.75 Å². The molecule has 2 atom stereocenters. The van der Waals surface area contributed by atoms with Crippen LogP contribution in [-0.2, 0) is 17.7 Å². The van der Waals surface area contributed by atoms with Gasteiger partial charge in [0.05, 0.1) is 23.7 Å². The number of hydrogen-bond acceptors (Lipinski definition) is 7. The van der Waals surface area contributed by atoms with Gasteiger partial charge in [-0.05, 0) is 25.5 Å². The van der Waals surface area contributed by atoms with Crippen LogP contribution in [0.3, 0.4) is 0 Å². The van der Waals surface area contributed by atoms with Gasteiger partial charge in [0.15, 0.2) is 22.7 Å². The van der Waals surface area contributed by atoms with Crippen molar-refractivity contribution in [3.05, 3.63) is 61.5 Å². The maximum Gasteiger partial charge on any atom is 0.276 e. The summed E-state index contributed by atoms with van der Waals surface area (Å²) in [5, 5.41) is 18.7. The zero-order valence-electron chi connectivity index (χ0n) is 17.2. The van der Waals surface area contributed by atoms with Crippen molar-refractivity contribution in [3.8, 4) is 16.3 Å². The van der Waals surface area contributed by atoms with Crippen LogP contribution in [0.2, 0.25) is 5.02 Å². The third kappa shape index (κ3) is 3.60. The Labute approximate surface area is 195 Å². The van der Waals surface area contributed by atoms with Crippen molar-refractivity contribution in [1.29, 1.82) is 0 Å². The summed E-state index contributed by atoms with van der Waals surface area (Å²) in [5.74, 6) is -2.82. The number of halogens is 3. The molecule has 5 rings (SSSR count). The van der Waals surface area contributed by atoms with E-state index in [0.29, 0.717) is 13.0 Å². The molecule has 172 valence electrons. The number of hydrogen-bond donors (Lipinski definition) is 1. The highest BCUT2D eigenvalue weighted by Gasteiger charge is 2.40. The van der Waals surface area contributed by atoms with E-state index in [1.54, 1.807) is 0 Å². The maximum atomic E-state index is 14.2. The highest BCUT2D eigenvalue weighted by molar-refractivity contribution is 7.14. The van der Waals surface area contributed by atoms with E-state index >= 15 is 0 Å². The summed E-state index contributed by atoms with van der Waals surface area (Å²) < 4.78 is 35.5. The van der Waals surface area contributed by atoms with Gasteiger partial charge in [0.25, 0.3) is 5.91 Å². The molecule has 2 aliphatic rings. The van der Waals surface area contributed by atoms with Crippen molar-refractivity contribution in [2.24, 2.45) is 0 Å². The molecule has 0 aliphatic carbocycles. The van der Waals surface area contributed by atoms with Crippen molar-refractivity contribution in [3.63, 3.8) is 0 Å². The predicted molar refractivity (Wildman–Crippen MR) is 115 cm³/mol. The quantitative estimate of drug-likeness (QED) is 0.562. The van der Waals surface area contributed by atoms with Crippen LogP contribution in [-0.4, -0.2) is 49.6 Å². The van der Waals surface area contributed by atoms with Gasteiger partial charge >= 0.3 is 0 Å². The number of carbonyl (C=O) groups is 1. The van der Waals surface area contributed by atoms with Crippen LogP contribution in [0.15, 0.2) is 23.1 Å². The third-order valence-electron chi connectivity index (χ3n) is 5.84. The lowest BCUT2D eigenvalue weighted by atomic mass is 10.1. The molecule has 1 amide bonds. The Bertz CT molecular complexity index is 1340. The molecule has 8 nitrogen and oxygen atoms in total. The number of pyridine rings is 1. The zero-order valence-corrected chi connectivity index (χ0v) is 18.8. The SMILES string of the molecule is C[C@@H]1CCO[C@H]2Cn3cc(-c4nnc(Cc5c(F)ccc(Cl)c5F)s4)c(=O)c(O)c3C(=O)N12. The molecule has 12 heteroatoms. The van der Waals surface area contributed by atoms with Crippen molar-refractivity contribution in [1.82, 2.24) is 19.7 Å². The van der Waals surface area contributed by atoms with E-state index in [4.69, 9.17) is 16.3 Å². The Hall–Kier alpha value is -2.89. The molecule has 1 aromatic carbocycles. The molecule has 2 aliphatic heterocycles. The van der Waals surface area contributed by atoms with Crippen molar-refractivity contribution in [2.45, 2.75) is 38.6 Å². The van der Waals surface area contributed by atoms with Crippen LogP contribution in [0.4, 0.5) is 8.78 Å². The second kappa shape index (κ2) is 8.15. The highest BCUT2D eigenvalue weighted by atomic mass is 35.5. The van der Waals surface area contributed by atoms with Gasteiger partial charge in [-0.2, -0.15) is 0 Å². The molecule has 1 fully saturated rings. The number of aromatic hydroxyl groups is 1. The number of ether oxygens (including phenoxy) is 1. The smallest absolute Gasteiger partial charge is 0.276 e. The van der Waals surface area contributed by atoms with Crippen LogP contribution in [0, 0.1) is 11.6 Å². The van der Waals surface area contributed by atoms with E-state index in [9.17, 15) is 23.5 Å². The van der Waals surface area contributed by atoms with Gasteiger partial charge in [0.1, 0.15) is 16.6 Å². The summed E-state index contributed by atoms with van der Waals surface area (Å²) in [6.07, 6.45) is 1.37. The van der Waals surface area contributed by atoms with E-state index in [1.807, 2.05) is 6.92 Å². The monoisotopic (exact) mass is 494 g/mol. The van der Waals surface area contributed by atoms with Crippen LogP contribution in [0.25, 0.3) is 10.6 Å². The highest BCUT2D eigenvalue weighted by Crippen LogP contribution is 2.32. The van der Waals surface area contributed by atoms with Gasteiger partial charge in [0, 0.05) is 24.2 Å². The van der Waals surface area contributed by atoms with Gasteiger partial charge in [-0.3, -0.25) is 9.59 Å². The third-order valence-corrected chi connectivity index (χ3v) is 7.09. The molecule has 0 saturated carbocycles. The van der Waals surface area contributed by atoms with Gasteiger partial charge < -0.3 is 19.3 Å². The molecule has 4 heterocycles. The fourth-order valence-electron chi connectivity index (χ4n) is 4.13. The number of rotatable bonds is 3. The molecule has 1 N–H and O–H groups in total. The minimum atomic E-state index is -0.885. The Morgan fingerprint density at radius 1 is 1.30 bits per heavy atom. The summed E-state index contributed by atoms with van der Waals surface area (Å²) >= 11 is 6.69. The topological polar surface area (TPSA) is 97.5 Å². The molecular weight excluding hydrogens is 478 g/mol. The fourth-order valence-corrected chi connectivity index (χ4v) is 5.16. The zero-order chi connectivity index (χ0) is 23.4. The lowest BCUT2D eigenvalue weighted by Gasteiger charge is -2.44. The standard InChI is InChI=1S/C21H17ClF2N4O4S/c1-9-4-5-32-15-8-27-7-11(18(29)19(30)17(27)21(31)28(9)15)20-26-25-14(33-20)6-10-13(23)3-2-12(22)16(10)24/h2-3,7,9,15,30H,4-6,8H2,1H3/t9-,15+/m1/s1. The number of amides is 1. The first-order valence-corrected chi connectivity index (χ1v) is 11.3. The summed E-state index contributed by atoms with van der Waals surface area (Å²) in [4.78, 5) is 27.4. The van der Waals surface area contributed by atoms with Crippen molar-refractivity contribution >= 4 is 28.8 Å². The summed E-state index contributed by atoms with van der Waals surface area (Å²) in [7, 11) is 0. The molecular formula is C21H17ClF2N4O4S. The second-order valence-electron chi connectivity index (χ2n) is 7.90. The van der Waals surface area contributed by atoms with Crippen molar-refractivity contribution < 1.29 is 23.4 Å². The molecule has 0 unspecified atom stereocenters. The average molecular weight is 495 g/mol. The fraction of sp³-hybridized carbons (Fsp3) is 0.333. The van der Waals surface area contributed by atoms with Gasteiger partial charge in [0.2, 0.25) is 5.43 Å². The molecule has 0 bridgehead atoms. The van der Waals surface area contributed by atoms with Crippen LogP contribution >= 0.6 is 22.9 Å². The normalized spacial score (nSPS) is 20.0. The number of fused-ring (bicyclic) bond motifs is 2. The summed E-state index contributed by atoms with van der Waals surface area (Å²) in [5.41, 5.74) is -1.12. The molecule has 1 saturated heterocycles. The molecule has 0 spiro atoms. The average Bonchev–Trinajstić information content (AvgIpc) is 3.24. The molecule has 0 radical (unpaired) electrons. The van der Waals surface area contributed by atoms with E-state index in [-0.39, 0.29) is 50.9 Å². The minimum absolute atomic E-state index is 0.0251. The summed E-state index contributed by atoms with van der Waals surface area (Å²) in [6.45, 7) is 2.62. The van der Waals surface area contributed by atoms with Crippen LogP contribution < -0.4 is 5.43 Å². The Balaban J connectivity index is 1.52. The second-order valence-corrected chi connectivity index (χ2v) is 9.37. The minimum Gasteiger partial charge on any atom is -0.503 e. The Morgan fingerprint density at radius 2 is 2.09 bits per heavy atom.